The topological polar surface area (TPSA) is 78.0 Å². The molecule has 2 saturated heterocycles. The summed E-state index contributed by atoms with van der Waals surface area (Å²) >= 11 is 0. The summed E-state index contributed by atoms with van der Waals surface area (Å²) in [5, 5.41) is 0. The zero-order valence-corrected chi connectivity index (χ0v) is 18.9. The zero-order chi connectivity index (χ0) is 20.9. The van der Waals surface area contributed by atoms with Gasteiger partial charge < -0.3 is 14.7 Å². The second-order valence-corrected chi connectivity index (χ2v) is 12.6. The van der Waals surface area contributed by atoms with Crippen molar-refractivity contribution >= 4 is 31.0 Å². The summed E-state index contributed by atoms with van der Waals surface area (Å²) in [5.74, 6) is 0.985. The average molecular weight is 444 g/mol. The van der Waals surface area contributed by atoms with Crippen molar-refractivity contribution in [1.29, 1.82) is 0 Å². The maximum absolute atomic E-state index is 12.0. The van der Waals surface area contributed by atoms with Gasteiger partial charge in [-0.25, -0.2) is 16.8 Å². The van der Waals surface area contributed by atoms with Gasteiger partial charge in [-0.3, -0.25) is 0 Å². The highest BCUT2D eigenvalue weighted by molar-refractivity contribution is 7.91. The van der Waals surface area contributed by atoms with E-state index in [-0.39, 0.29) is 23.0 Å². The second-order valence-electron chi connectivity index (χ2n) is 7.99. The minimum Gasteiger partial charge on any atom is -0.370 e. The second kappa shape index (κ2) is 9.66. The van der Waals surface area contributed by atoms with Gasteiger partial charge in [0, 0.05) is 56.4 Å². The predicted octanol–water partition coefficient (Wildman–Crippen LogP) is 1.26. The Morgan fingerprint density at radius 1 is 0.828 bits per heavy atom. The van der Waals surface area contributed by atoms with Crippen LogP contribution in [0.4, 0.5) is 11.4 Å². The molecule has 164 valence electrons. The van der Waals surface area contributed by atoms with Crippen molar-refractivity contribution in [3.05, 3.63) is 24.3 Å². The zero-order valence-electron chi connectivity index (χ0n) is 17.3. The quantitative estimate of drug-likeness (QED) is 0.628. The number of hydrogen-bond acceptors (Lipinski definition) is 7. The first kappa shape index (κ1) is 22.4. The van der Waals surface area contributed by atoms with E-state index in [1.54, 1.807) is 0 Å². The van der Waals surface area contributed by atoms with Crippen molar-refractivity contribution in [3.8, 4) is 0 Å². The Morgan fingerprint density at radius 3 is 2.00 bits per heavy atom. The Balaban J connectivity index is 1.52. The first-order valence-electron chi connectivity index (χ1n) is 10.5. The molecule has 0 unspecified atom stereocenters. The number of sulfone groups is 2. The van der Waals surface area contributed by atoms with Crippen LogP contribution in [0.5, 0.6) is 0 Å². The number of benzene rings is 1. The summed E-state index contributed by atoms with van der Waals surface area (Å²) in [5.41, 5.74) is 2.24. The fourth-order valence-corrected chi connectivity index (χ4v) is 6.54. The number of hydrogen-bond donors (Lipinski definition) is 0. The van der Waals surface area contributed by atoms with Gasteiger partial charge in [-0.05, 0) is 43.7 Å². The molecule has 2 aliphatic heterocycles. The van der Waals surface area contributed by atoms with Crippen molar-refractivity contribution in [2.45, 2.75) is 19.8 Å². The smallest absolute Gasteiger partial charge is 0.153 e. The Hall–Kier alpha value is -1.32. The molecule has 0 aliphatic carbocycles. The summed E-state index contributed by atoms with van der Waals surface area (Å²) < 4.78 is 47.2. The van der Waals surface area contributed by atoms with Gasteiger partial charge in [0.25, 0.3) is 0 Å². The van der Waals surface area contributed by atoms with E-state index in [9.17, 15) is 16.8 Å². The maximum atomic E-state index is 12.0. The van der Waals surface area contributed by atoms with E-state index in [0.717, 1.165) is 38.3 Å². The summed E-state index contributed by atoms with van der Waals surface area (Å²) in [6, 6.07) is 8.38. The molecule has 7 nitrogen and oxygen atoms in total. The van der Waals surface area contributed by atoms with Crippen LogP contribution in [0.3, 0.4) is 0 Å². The first-order chi connectivity index (χ1) is 13.8. The van der Waals surface area contributed by atoms with Crippen LogP contribution in [-0.2, 0) is 19.7 Å². The minimum atomic E-state index is -2.93. The molecule has 1 aromatic carbocycles. The highest BCUT2D eigenvalue weighted by Crippen LogP contribution is 2.23. The van der Waals surface area contributed by atoms with Crippen LogP contribution in [0.15, 0.2) is 24.3 Å². The third-order valence-corrected chi connectivity index (χ3v) is 9.19. The van der Waals surface area contributed by atoms with E-state index >= 15 is 0 Å². The van der Waals surface area contributed by atoms with E-state index in [1.165, 1.54) is 5.69 Å². The van der Waals surface area contributed by atoms with Gasteiger partial charge in [0.2, 0.25) is 0 Å². The molecule has 0 N–H and O–H groups in total. The Labute approximate surface area is 175 Å². The van der Waals surface area contributed by atoms with Gasteiger partial charge in [-0.2, -0.15) is 0 Å². The molecule has 0 radical (unpaired) electrons. The molecule has 0 saturated carbocycles. The van der Waals surface area contributed by atoms with Gasteiger partial charge in [-0.1, -0.05) is 6.92 Å². The molecule has 29 heavy (non-hydrogen) atoms. The number of anilines is 2. The SMILES string of the molecule is CCCS(=O)(=O)CCN1CCCN(c2ccc(N3CCS(=O)(=O)CC3)cc2)CC1. The lowest BCUT2D eigenvalue weighted by Gasteiger charge is -2.29. The summed E-state index contributed by atoms with van der Waals surface area (Å²) in [4.78, 5) is 6.74. The van der Waals surface area contributed by atoms with Crippen LogP contribution >= 0.6 is 0 Å². The van der Waals surface area contributed by atoms with E-state index in [2.05, 4.69) is 39.0 Å². The molecule has 0 bridgehead atoms. The highest BCUT2D eigenvalue weighted by atomic mass is 32.2. The standard InChI is InChI=1S/C20H33N3O4S2/c1-2-15-28(24,25)16-12-21-8-3-9-22(11-10-21)19-4-6-20(7-5-19)23-13-17-29(26,27)18-14-23/h4-7H,2-3,8-18H2,1H3. The molecule has 1 aromatic rings. The lowest BCUT2D eigenvalue weighted by molar-refractivity contribution is 0.310. The van der Waals surface area contributed by atoms with Crippen molar-refractivity contribution in [2.24, 2.45) is 0 Å². The van der Waals surface area contributed by atoms with Crippen LogP contribution in [0, 0.1) is 0 Å². The van der Waals surface area contributed by atoms with Gasteiger partial charge in [0.15, 0.2) is 19.7 Å². The summed E-state index contributed by atoms with van der Waals surface area (Å²) in [6.07, 6.45) is 1.69. The molecule has 2 aliphatic rings. The van der Waals surface area contributed by atoms with E-state index in [4.69, 9.17) is 0 Å². The number of nitrogens with zero attached hydrogens (tertiary/aromatic N) is 3. The van der Waals surface area contributed by atoms with Crippen molar-refractivity contribution in [2.75, 3.05) is 78.6 Å². The van der Waals surface area contributed by atoms with Crippen molar-refractivity contribution in [3.63, 3.8) is 0 Å². The summed E-state index contributed by atoms with van der Waals surface area (Å²) in [7, 11) is -5.80. The van der Waals surface area contributed by atoms with E-state index < -0.39 is 19.7 Å². The van der Waals surface area contributed by atoms with E-state index in [1.807, 2.05) is 6.92 Å². The normalized spacial score (nSPS) is 21.1. The lowest BCUT2D eigenvalue weighted by Crippen LogP contribution is -2.40. The van der Waals surface area contributed by atoms with Gasteiger partial charge in [-0.15, -0.1) is 0 Å². The predicted molar refractivity (Wildman–Crippen MR) is 120 cm³/mol. The molecule has 3 rings (SSSR count). The average Bonchev–Trinajstić information content (AvgIpc) is 2.92. The molecular formula is C20H33N3O4S2. The summed E-state index contributed by atoms with van der Waals surface area (Å²) in [6.45, 7) is 7.27. The maximum Gasteiger partial charge on any atom is 0.153 e. The molecule has 0 atom stereocenters. The molecule has 2 fully saturated rings. The lowest BCUT2D eigenvalue weighted by atomic mass is 10.2. The molecule has 0 aromatic heterocycles. The fourth-order valence-electron chi connectivity index (χ4n) is 3.98. The molecular weight excluding hydrogens is 410 g/mol. The third kappa shape index (κ3) is 6.58. The van der Waals surface area contributed by atoms with Gasteiger partial charge >= 0.3 is 0 Å². The molecule has 0 spiro atoms. The van der Waals surface area contributed by atoms with Gasteiger partial charge in [0.1, 0.15) is 0 Å². The Bertz CT molecular complexity index is 855. The van der Waals surface area contributed by atoms with Crippen LogP contribution in [-0.4, -0.2) is 90.6 Å². The van der Waals surface area contributed by atoms with Crippen LogP contribution < -0.4 is 9.80 Å². The monoisotopic (exact) mass is 443 g/mol. The molecule has 2 heterocycles. The first-order valence-corrected chi connectivity index (χ1v) is 14.2. The Kier molecular flexibility index (Phi) is 7.45. The fraction of sp³-hybridized carbons (Fsp3) is 0.700. The third-order valence-electron chi connectivity index (χ3n) is 5.75. The van der Waals surface area contributed by atoms with Gasteiger partial charge in [0.05, 0.1) is 17.3 Å². The van der Waals surface area contributed by atoms with Crippen LogP contribution in [0.2, 0.25) is 0 Å². The van der Waals surface area contributed by atoms with Crippen molar-refractivity contribution in [1.82, 2.24) is 4.90 Å². The van der Waals surface area contributed by atoms with Crippen LogP contribution in [0.25, 0.3) is 0 Å². The molecule has 0 amide bonds. The molecule has 9 heteroatoms. The van der Waals surface area contributed by atoms with E-state index in [0.29, 0.717) is 26.1 Å². The van der Waals surface area contributed by atoms with Crippen LogP contribution in [0.1, 0.15) is 19.8 Å². The van der Waals surface area contributed by atoms with Crippen molar-refractivity contribution < 1.29 is 16.8 Å². The number of rotatable bonds is 7. The Morgan fingerprint density at radius 2 is 1.41 bits per heavy atom. The largest absolute Gasteiger partial charge is 0.370 e. The highest BCUT2D eigenvalue weighted by Gasteiger charge is 2.22. The minimum absolute atomic E-state index is 0.227.